The molecule has 3 aliphatic rings. The number of piperidine rings is 1. The number of benzene rings is 1. The molecular weight excluding hydrogens is 260 g/mol. The molecule has 3 heteroatoms. The predicted molar refractivity (Wildman–Crippen MR) is 84.4 cm³/mol. The van der Waals surface area contributed by atoms with E-state index in [9.17, 15) is 4.79 Å². The van der Waals surface area contributed by atoms with Crippen molar-refractivity contribution in [2.45, 2.75) is 44.4 Å². The number of hydrogen-bond acceptors (Lipinski definition) is 2. The Kier molecular flexibility index (Phi) is 3.16. The highest BCUT2D eigenvalue weighted by Gasteiger charge is 2.40. The van der Waals surface area contributed by atoms with E-state index in [-0.39, 0.29) is 5.92 Å². The third-order valence-electron chi connectivity index (χ3n) is 5.93. The van der Waals surface area contributed by atoms with Crippen LogP contribution in [0.3, 0.4) is 0 Å². The van der Waals surface area contributed by atoms with Gasteiger partial charge in [0.15, 0.2) is 0 Å². The lowest BCUT2D eigenvalue weighted by molar-refractivity contribution is -0.134. The number of nitrogens with one attached hydrogen (secondary N) is 1. The van der Waals surface area contributed by atoms with Crippen LogP contribution < -0.4 is 5.32 Å². The van der Waals surface area contributed by atoms with Gasteiger partial charge in [-0.3, -0.25) is 4.79 Å². The lowest BCUT2D eigenvalue weighted by atomic mass is 9.77. The van der Waals surface area contributed by atoms with Crippen molar-refractivity contribution in [1.29, 1.82) is 0 Å². The first-order chi connectivity index (χ1) is 10.3. The van der Waals surface area contributed by atoms with Gasteiger partial charge in [0.05, 0.1) is 5.92 Å². The Morgan fingerprint density at radius 3 is 2.57 bits per heavy atom. The van der Waals surface area contributed by atoms with Crippen LogP contribution in [0.2, 0.25) is 0 Å². The molecule has 2 aliphatic heterocycles. The van der Waals surface area contributed by atoms with Gasteiger partial charge in [-0.15, -0.1) is 0 Å². The Hall–Kier alpha value is -1.51. The van der Waals surface area contributed by atoms with Gasteiger partial charge in [-0.05, 0) is 42.7 Å². The van der Waals surface area contributed by atoms with Crippen molar-refractivity contribution in [1.82, 2.24) is 4.90 Å². The zero-order valence-electron chi connectivity index (χ0n) is 12.6. The highest BCUT2D eigenvalue weighted by Crippen LogP contribution is 2.46. The second kappa shape index (κ2) is 5.04. The number of carbonyl (C=O) groups is 1. The minimum Gasteiger partial charge on any atom is -0.384 e. The van der Waals surface area contributed by atoms with Crippen molar-refractivity contribution < 1.29 is 4.79 Å². The van der Waals surface area contributed by atoms with Crippen LogP contribution in [-0.2, 0) is 4.79 Å². The van der Waals surface area contributed by atoms with E-state index in [4.69, 9.17) is 0 Å². The van der Waals surface area contributed by atoms with Crippen molar-refractivity contribution in [3.05, 3.63) is 29.8 Å². The van der Waals surface area contributed by atoms with Crippen molar-refractivity contribution in [2.24, 2.45) is 5.41 Å². The number of para-hydroxylation sites is 1. The van der Waals surface area contributed by atoms with E-state index in [0.717, 1.165) is 25.3 Å². The maximum absolute atomic E-state index is 12.9. The van der Waals surface area contributed by atoms with Gasteiger partial charge in [0, 0.05) is 25.3 Å². The van der Waals surface area contributed by atoms with Crippen LogP contribution in [0.25, 0.3) is 0 Å². The minimum atomic E-state index is 0.0267. The monoisotopic (exact) mass is 284 g/mol. The zero-order valence-corrected chi connectivity index (χ0v) is 12.6. The summed E-state index contributed by atoms with van der Waals surface area (Å²) in [5.41, 5.74) is 2.91. The molecule has 1 aliphatic carbocycles. The molecule has 1 spiro atoms. The summed E-state index contributed by atoms with van der Waals surface area (Å²) in [6, 6.07) is 8.24. The van der Waals surface area contributed by atoms with Crippen molar-refractivity contribution in [3.63, 3.8) is 0 Å². The summed E-state index contributed by atoms with van der Waals surface area (Å²) in [5, 5.41) is 3.37. The number of rotatable bonds is 1. The quantitative estimate of drug-likeness (QED) is 0.857. The molecule has 1 saturated heterocycles. The Morgan fingerprint density at radius 1 is 1.10 bits per heavy atom. The molecule has 1 unspecified atom stereocenters. The van der Waals surface area contributed by atoms with E-state index in [1.165, 1.54) is 44.1 Å². The lowest BCUT2D eigenvalue weighted by Crippen LogP contribution is -2.44. The number of amides is 1. The maximum atomic E-state index is 12.9. The average molecular weight is 284 g/mol. The fourth-order valence-electron chi connectivity index (χ4n) is 4.55. The smallest absolute Gasteiger partial charge is 0.231 e. The molecule has 21 heavy (non-hydrogen) atoms. The van der Waals surface area contributed by atoms with E-state index < -0.39 is 0 Å². The summed E-state index contributed by atoms with van der Waals surface area (Å²) in [6.07, 6.45) is 8.02. The van der Waals surface area contributed by atoms with Crippen LogP contribution in [0.5, 0.6) is 0 Å². The second-order valence-electron chi connectivity index (χ2n) is 7.05. The Bertz CT molecular complexity index is 538. The van der Waals surface area contributed by atoms with Crippen LogP contribution in [0.1, 0.15) is 50.0 Å². The zero-order chi connectivity index (χ0) is 14.3. The average Bonchev–Trinajstić information content (AvgIpc) is 3.15. The van der Waals surface area contributed by atoms with E-state index >= 15 is 0 Å². The molecule has 1 aromatic carbocycles. The molecule has 112 valence electrons. The van der Waals surface area contributed by atoms with Crippen molar-refractivity contribution in [3.8, 4) is 0 Å². The van der Waals surface area contributed by atoms with Crippen LogP contribution in [0, 0.1) is 5.41 Å². The fraction of sp³-hybridized carbons (Fsp3) is 0.611. The maximum Gasteiger partial charge on any atom is 0.231 e. The molecule has 0 bridgehead atoms. The highest BCUT2D eigenvalue weighted by molar-refractivity contribution is 5.88. The van der Waals surface area contributed by atoms with Gasteiger partial charge in [0.25, 0.3) is 0 Å². The van der Waals surface area contributed by atoms with Crippen LogP contribution in [-0.4, -0.2) is 30.4 Å². The van der Waals surface area contributed by atoms with Gasteiger partial charge in [-0.1, -0.05) is 31.0 Å². The third kappa shape index (κ3) is 2.23. The first kappa shape index (κ1) is 13.2. The predicted octanol–water partition coefficient (Wildman–Crippen LogP) is 3.38. The largest absolute Gasteiger partial charge is 0.384 e. The molecular formula is C18H24N2O. The number of likely N-dealkylation sites (tertiary alicyclic amines) is 1. The number of hydrogen-bond donors (Lipinski definition) is 1. The molecule has 1 aromatic rings. The van der Waals surface area contributed by atoms with Gasteiger partial charge in [0.1, 0.15) is 0 Å². The summed E-state index contributed by atoms with van der Waals surface area (Å²) in [7, 11) is 0. The minimum absolute atomic E-state index is 0.0267. The normalized spacial score (nSPS) is 26.7. The summed E-state index contributed by atoms with van der Waals surface area (Å²) in [6.45, 7) is 2.70. The molecule has 1 N–H and O–H groups in total. The van der Waals surface area contributed by atoms with Crippen LogP contribution >= 0.6 is 0 Å². The van der Waals surface area contributed by atoms with E-state index in [1.807, 2.05) is 12.1 Å². The molecule has 3 nitrogen and oxygen atoms in total. The molecule has 4 rings (SSSR count). The van der Waals surface area contributed by atoms with Gasteiger partial charge < -0.3 is 10.2 Å². The number of fused-ring (bicyclic) bond motifs is 1. The van der Waals surface area contributed by atoms with Gasteiger partial charge >= 0.3 is 0 Å². The molecule has 2 fully saturated rings. The van der Waals surface area contributed by atoms with Gasteiger partial charge in [-0.2, -0.15) is 0 Å². The SMILES string of the molecule is O=C(C1CNc2ccccc21)N1CCC2(CCCC2)CC1. The summed E-state index contributed by atoms with van der Waals surface area (Å²) >= 11 is 0. The topological polar surface area (TPSA) is 32.3 Å². The van der Waals surface area contributed by atoms with Crippen LogP contribution in [0.4, 0.5) is 5.69 Å². The standard InChI is InChI=1S/C18H24N2O/c21-17(15-13-19-16-6-2-1-5-14(15)16)20-11-9-18(10-12-20)7-3-4-8-18/h1-2,5-6,15,19H,3-4,7-13H2. The highest BCUT2D eigenvalue weighted by atomic mass is 16.2. The number of nitrogens with zero attached hydrogens (tertiary/aromatic N) is 1. The first-order valence-corrected chi connectivity index (χ1v) is 8.39. The Morgan fingerprint density at radius 2 is 1.81 bits per heavy atom. The molecule has 0 aromatic heterocycles. The van der Waals surface area contributed by atoms with E-state index in [2.05, 4.69) is 22.3 Å². The number of anilines is 1. The summed E-state index contributed by atoms with van der Waals surface area (Å²) in [5.74, 6) is 0.360. The van der Waals surface area contributed by atoms with E-state index in [0.29, 0.717) is 11.3 Å². The van der Waals surface area contributed by atoms with Crippen LogP contribution in [0.15, 0.2) is 24.3 Å². The summed E-state index contributed by atoms with van der Waals surface area (Å²) < 4.78 is 0. The van der Waals surface area contributed by atoms with Crippen molar-refractivity contribution in [2.75, 3.05) is 25.0 Å². The fourth-order valence-corrected chi connectivity index (χ4v) is 4.55. The Balaban J connectivity index is 1.45. The second-order valence-corrected chi connectivity index (χ2v) is 7.05. The summed E-state index contributed by atoms with van der Waals surface area (Å²) in [4.78, 5) is 15.0. The molecule has 2 heterocycles. The lowest BCUT2D eigenvalue weighted by Gasteiger charge is -2.40. The molecule has 1 amide bonds. The number of carbonyl (C=O) groups excluding carboxylic acids is 1. The first-order valence-electron chi connectivity index (χ1n) is 8.39. The third-order valence-corrected chi connectivity index (χ3v) is 5.93. The Labute approximate surface area is 126 Å². The van der Waals surface area contributed by atoms with Crippen molar-refractivity contribution >= 4 is 11.6 Å². The molecule has 1 saturated carbocycles. The van der Waals surface area contributed by atoms with E-state index in [1.54, 1.807) is 0 Å². The molecule has 0 radical (unpaired) electrons. The van der Waals surface area contributed by atoms with Gasteiger partial charge in [-0.25, -0.2) is 0 Å². The molecule has 1 atom stereocenters. The van der Waals surface area contributed by atoms with Gasteiger partial charge in [0.2, 0.25) is 5.91 Å².